The normalized spacial score (nSPS) is 22.4. The van der Waals surface area contributed by atoms with Crippen LogP contribution in [0.2, 0.25) is 0 Å². The summed E-state index contributed by atoms with van der Waals surface area (Å²) < 4.78 is 5.28. The van der Waals surface area contributed by atoms with Crippen LogP contribution in [0, 0.1) is 11.8 Å². The number of amides is 1. The molecule has 0 aromatic carbocycles. The van der Waals surface area contributed by atoms with Crippen LogP contribution in [0.4, 0.5) is 0 Å². The highest BCUT2D eigenvalue weighted by molar-refractivity contribution is 5.76. The van der Waals surface area contributed by atoms with Crippen LogP contribution < -0.4 is 11.1 Å². The Balaban J connectivity index is 2.05. The number of rotatable bonds is 6. The molecule has 0 saturated carbocycles. The Kier molecular flexibility index (Phi) is 5.77. The number of hydrogen-bond donors (Lipinski definition) is 2. The second-order valence-electron chi connectivity index (χ2n) is 4.98. The SMILES string of the molecule is CC(C)C(N)CC(=O)NCCC1CCOC1. The van der Waals surface area contributed by atoms with E-state index in [9.17, 15) is 4.79 Å². The Morgan fingerprint density at radius 2 is 2.31 bits per heavy atom. The van der Waals surface area contributed by atoms with E-state index in [1.165, 1.54) is 0 Å². The topological polar surface area (TPSA) is 64.4 Å². The van der Waals surface area contributed by atoms with Gasteiger partial charge in [0.1, 0.15) is 0 Å². The van der Waals surface area contributed by atoms with Crippen molar-refractivity contribution >= 4 is 5.91 Å². The van der Waals surface area contributed by atoms with E-state index >= 15 is 0 Å². The summed E-state index contributed by atoms with van der Waals surface area (Å²) >= 11 is 0. The quantitative estimate of drug-likeness (QED) is 0.710. The van der Waals surface area contributed by atoms with Gasteiger partial charge in [-0.1, -0.05) is 13.8 Å². The molecular weight excluding hydrogens is 204 g/mol. The van der Waals surface area contributed by atoms with E-state index < -0.39 is 0 Å². The summed E-state index contributed by atoms with van der Waals surface area (Å²) in [6.45, 7) is 6.54. The molecule has 0 aromatic heterocycles. The lowest BCUT2D eigenvalue weighted by Crippen LogP contribution is -2.35. The van der Waals surface area contributed by atoms with E-state index in [0.717, 1.165) is 32.6 Å². The van der Waals surface area contributed by atoms with Crippen molar-refractivity contribution in [3.8, 4) is 0 Å². The maximum absolute atomic E-state index is 11.5. The highest BCUT2D eigenvalue weighted by atomic mass is 16.5. The van der Waals surface area contributed by atoms with Crippen LogP contribution >= 0.6 is 0 Å². The Hall–Kier alpha value is -0.610. The lowest BCUT2D eigenvalue weighted by molar-refractivity contribution is -0.121. The molecule has 1 aliphatic heterocycles. The Bertz CT molecular complexity index is 213. The summed E-state index contributed by atoms with van der Waals surface area (Å²) in [6, 6.07) is -0.0326. The average molecular weight is 228 g/mol. The molecule has 0 bridgehead atoms. The van der Waals surface area contributed by atoms with Crippen molar-refractivity contribution in [3.63, 3.8) is 0 Å². The minimum atomic E-state index is -0.0326. The van der Waals surface area contributed by atoms with Gasteiger partial charge < -0.3 is 15.8 Å². The van der Waals surface area contributed by atoms with Crippen molar-refractivity contribution in [1.82, 2.24) is 5.32 Å². The fourth-order valence-electron chi connectivity index (χ4n) is 1.75. The van der Waals surface area contributed by atoms with Crippen LogP contribution in [0.1, 0.15) is 33.1 Å². The number of ether oxygens (including phenoxy) is 1. The molecule has 1 amide bonds. The maximum Gasteiger partial charge on any atom is 0.221 e. The molecule has 0 spiro atoms. The first kappa shape index (κ1) is 13.5. The standard InChI is InChI=1S/C12H24N2O2/c1-9(2)11(13)7-12(15)14-5-3-10-4-6-16-8-10/h9-11H,3-8,13H2,1-2H3,(H,14,15). The molecule has 1 fully saturated rings. The van der Waals surface area contributed by atoms with Gasteiger partial charge in [0.15, 0.2) is 0 Å². The zero-order valence-corrected chi connectivity index (χ0v) is 10.4. The fraction of sp³-hybridized carbons (Fsp3) is 0.917. The van der Waals surface area contributed by atoms with Crippen molar-refractivity contribution < 1.29 is 9.53 Å². The van der Waals surface area contributed by atoms with Crippen molar-refractivity contribution in [3.05, 3.63) is 0 Å². The smallest absolute Gasteiger partial charge is 0.221 e. The number of carbonyl (C=O) groups is 1. The second-order valence-corrected chi connectivity index (χ2v) is 4.98. The molecule has 94 valence electrons. The van der Waals surface area contributed by atoms with Gasteiger partial charge in [0.2, 0.25) is 5.91 Å². The van der Waals surface area contributed by atoms with Crippen molar-refractivity contribution in [2.75, 3.05) is 19.8 Å². The van der Waals surface area contributed by atoms with Gasteiger partial charge in [-0.3, -0.25) is 4.79 Å². The highest BCUT2D eigenvalue weighted by Gasteiger charge is 2.16. The molecule has 4 nitrogen and oxygen atoms in total. The zero-order valence-electron chi connectivity index (χ0n) is 10.4. The van der Waals surface area contributed by atoms with Gasteiger partial charge in [0.05, 0.1) is 0 Å². The number of hydrogen-bond acceptors (Lipinski definition) is 3. The second kappa shape index (κ2) is 6.86. The van der Waals surface area contributed by atoms with Crippen LogP contribution in [-0.2, 0) is 9.53 Å². The lowest BCUT2D eigenvalue weighted by Gasteiger charge is -2.15. The van der Waals surface area contributed by atoms with Gasteiger partial charge in [-0.05, 0) is 24.7 Å². The average Bonchev–Trinajstić information content (AvgIpc) is 2.70. The highest BCUT2D eigenvalue weighted by Crippen LogP contribution is 2.15. The molecule has 1 aliphatic rings. The molecule has 2 atom stereocenters. The molecule has 1 heterocycles. The van der Waals surface area contributed by atoms with E-state index in [1.54, 1.807) is 0 Å². The number of nitrogens with one attached hydrogen (secondary N) is 1. The molecule has 1 saturated heterocycles. The molecule has 2 unspecified atom stereocenters. The van der Waals surface area contributed by atoms with Gasteiger partial charge in [0.25, 0.3) is 0 Å². The molecule has 0 aliphatic carbocycles. The van der Waals surface area contributed by atoms with Crippen LogP contribution in [0.15, 0.2) is 0 Å². The van der Waals surface area contributed by atoms with Gasteiger partial charge >= 0.3 is 0 Å². The first-order valence-corrected chi connectivity index (χ1v) is 6.19. The van der Waals surface area contributed by atoms with Crippen LogP contribution in [0.25, 0.3) is 0 Å². The van der Waals surface area contributed by atoms with Crippen LogP contribution in [0.5, 0.6) is 0 Å². The van der Waals surface area contributed by atoms with Crippen molar-refractivity contribution in [2.24, 2.45) is 17.6 Å². The van der Waals surface area contributed by atoms with E-state index in [1.807, 2.05) is 13.8 Å². The lowest BCUT2D eigenvalue weighted by atomic mass is 10.0. The zero-order chi connectivity index (χ0) is 12.0. The summed E-state index contributed by atoms with van der Waals surface area (Å²) in [5.41, 5.74) is 5.83. The van der Waals surface area contributed by atoms with Gasteiger partial charge in [0, 0.05) is 32.2 Å². The van der Waals surface area contributed by atoms with E-state index in [4.69, 9.17) is 10.5 Å². The van der Waals surface area contributed by atoms with E-state index in [-0.39, 0.29) is 11.9 Å². The van der Waals surface area contributed by atoms with Crippen molar-refractivity contribution in [2.45, 2.75) is 39.2 Å². The fourth-order valence-corrected chi connectivity index (χ4v) is 1.75. The third kappa shape index (κ3) is 4.94. The number of nitrogens with two attached hydrogens (primary N) is 1. The monoisotopic (exact) mass is 228 g/mol. The summed E-state index contributed by atoms with van der Waals surface area (Å²) in [5.74, 6) is 1.05. The Morgan fingerprint density at radius 1 is 1.56 bits per heavy atom. The van der Waals surface area contributed by atoms with Gasteiger partial charge in [-0.25, -0.2) is 0 Å². The van der Waals surface area contributed by atoms with Crippen molar-refractivity contribution in [1.29, 1.82) is 0 Å². The number of carbonyl (C=O) groups excluding carboxylic acids is 1. The first-order valence-electron chi connectivity index (χ1n) is 6.19. The maximum atomic E-state index is 11.5. The molecule has 0 radical (unpaired) electrons. The third-order valence-corrected chi connectivity index (χ3v) is 3.18. The molecule has 1 rings (SSSR count). The van der Waals surface area contributed by atoms with Crippen LogP contribution in [-0.4, -0.2) is 31.7 Å². The Labute approximate surface area is 97.9 Å². The molecule has 16 heavy (non-hydrogen) atoms. The van der Waals surface area contributed by atoms with E-state index in [2.05, 4.69) is 5.32 Å². The largest absolute Gasteiger partial charge is 0.381 e. The third-order valence-electron chi connectivity index (χ3n) is 3.18. The van der Waals surface area contributed by atoms with Crippen LogP contribution in [0.3, 0.4) is 0 Å². The Morgan fingerprint density at radius 3 is 2.88 bits per heavy atom. The summed E-state index contributed by atoms with van der Waals surface area (Å²) in [6.07, 6.45) is 2.57. The predicted octanol–water partition coefficient (Wildman–Crippen LogP) is 0.903. The summed E-state index contributed by atoms with van der Waals surface area (Å²) in [7, 11) is 0. The molecule has 4 heteroatoms. The minimum Gasteiger partial charge on any atom is -0.381 e. The summed E-state index contributed by atoms with van der Waals surface area (Å²) in [5, 5.41) is 2.92. The molecule has 0 aromatic rings. The van der Waals surface area contributed by atoms with Gasteiger partial charge in [-0.15, -0.1) is 0 Å². The van der Waals surface area contributed by atoms with Gasteiger partial charge in [-0.2, -0.15) is 0 Å². The summed E-state index contributed by atoms with van der Waals surface area (Å²) in [4.78, 5) is 11.5. The minimum absolute atomic E-state index is 0.0326. The molecule has 3 N–H and O–H groups in total. The van der Waals surface area contributed by atoms with E-state index in [0.29, 0.717) is 18.3 Å². The molecular formula is C12H24N2O2. The predicted molar refractivity (Wildman–Crippen MR) is 64.0 cm³/mol. The first-order chi connectivity index (χ1) is 7.59.